The number of aryl methyl sites for hydroxylation is 1. The first-order chi connectivity index (χ1) is 13.1. The van der Waals surface area contributed by atoms with E-state index in [0.717, 1.165) is 52.4 Å². The van der Waals surface area contributed by atoms with Gasteiger partial charge in [0, 0.05) is 44.6 Å². The van der Waals surface area contributed by atoms with Gasteiger partial charge in [0.25, 0.3) is 0 Å². The zero-order valence-electron chi connectivity index (χ0n) is 16.8. The molecule has 2 aliphatic heterocycles. The SMILES string of the molecule is CC(C)c1ccc(CCC(=O)NC[C@@H]([C@@H]2CCOC2)N2CCOCC2)cc1. The molecule has 2 fully saturated rings. The van der Waals surface area contributed by atoms with E-state index in [1.54, 1.807) is 0 Å². The highest BCUT2D eigenvalue weighted by Crippen LogP contribution is 2.22. The fraction of sp³-hybridized carbons (Fsp3) is 0.682. The molecule has 0 bridgehead atoms. The summed E-state index contributed by atoms with van der Waals surface area (Å²) in [4.78, 5) is 14.9. The molecule has 150 valence electrons. The lowest BCUT2D eigenvalue weighted by molar-refractivity contribution is -0.121. The maximum absolute atomic E-state index is 12.4. The predicted octanol–water partition coefficient (Wildman–Crippen LogP) is 2.60. The summed E-state index contributed by atoms with van der Waals surface area (Å²) in [5.74, 6) is 1.19. The number of nitrogens with zero attached hydrogens (tertiary/aromatic N) is 1. The van der Waals surface area contributed by atoms with Crippen LogP contribution in [0.2, 0.25) is 0 Å². The predicted molar refractivity (Wildman–Crippen MR) is 107 cm³/mol. The van der Waals surface area contributed by atoms with Crippen LogP contribution in [0.1, 0.15) is 43.7 Å². The number of carbonyl (C=O) groups is 1. The van der Waals surface area contributed by atoms with Crippen molar-refractivity contribution in [3.8, 4) is 0 Å². The maximum atomic E-state index is 12.4. The van der Waals surface area contributed by atoms with Gasteiger partial charge in [-0.05, 0) is 29.9 Å². The molecule has 1 aromatic carbocycles. The molecule has 1 amide bonds. The zero-order chi connectivity index (χ0) is 19.1. The molecular weight excluding hydrogens is 340 g/mol. The number of amides is 1. The Labute approximate surface area is 163 Å². The van der Waals surface area contributed by atoms with E-state index in [2.05, 4.69) is 48.3 Å². The van der Waals surface area contributed by atoms with E-state index in [1.165, 1.54) is 11.1 Å². The van der Waals surface area contributed by atoms with E-state index < -0.39 is 0 Å². The number of rotatable bonds is 8. The van der Waals surface area contributed by atoms with Crippen molar-refractivity contribution >= 4 is 5.91 Å². The Hall–Kier alpha value is -1.43. The molecule has 2 aliphatic rings. The van der Waals surface area contributed by atoms with Gasteiger partial charge in [-0.3, -0.25) is 9.69 Å². The number of morpholine rings is 1. The normalized spacial score (nSPS) is 22.1. The zero-order valence-corrected chi connectivity index (χ0v) is 16.8. The van der Waals surface area contributed by atoms with E-state index in [0.29, 0.717) is 30.8 Å². The quantitative estimate of drug-likeness (QED) is 0.760. The molecule has 1 aromatic rings. The highest BCUT2D eigenvalue weighted by atomic mass is 16.5. The van der Waals surface area contributed by atoms with Crippen LogP contribution in [0, 0.1) is 5.92 Å². The highest BCUT2D eigenvalue weighted by molar-refractivity contribution is 5.76. The van der Waals surface area contributed by atoms with Crippen molar-refractivity contribution in [3.05, 3.63) is 35.4 Å². The van der Waals surface area contributed by atoms with E-state index in [1.807, 2.05) is 0 Å². The summed E-state index contributed by atoms with van der Waals surface area (Å²) in [5.41, 5.74) is 2.57. The minimum atomic E-state index is 0.139. The number of ether oxygens (including phenoxy) is 2. The molecule has 27 heavy (non-hydrogen) atoms. The topological polar surface area (TPSA) is 50.8 Å². The molecule has 0 radical (unpaired) electrons. The summed E-state index contributed by atoms with van der Waals surface area (Å²) in [6, 6.07) is 8.99. The summed E-state index contributed by atoms with van der Waals surface area (Å²) >= 11 is 0. The third-order valence-electron chi connectivity index (χ3n) is 5.82. The summed E-state index contributed by atoms with van der Waals surface area (Å²) in [6.45, 7) is 10.2. The molecule has 3 rings (SSSR count). The van der Waals surface area contributed by atoms with E-state index in [4.69, 9.17) is 9.47 Å². The van der Waals surface area contributed by atoms with E-state index in [9.17, 15) is 4.79 Å². The average Bonchev–Trinajstić information content (AvgIpc) is 3.22. The van der Waals surface area contributed by atoms with Gasteiger partial charge in [0.15, 0.2) is 0 Å². The second-order valence-electron chi connectivity index (χ2n) is 8.04. The lowest BCUT2D eigenvalue weighted by Gasteiger charge is -2.37. The van der Waals surface area contributed by atoms with Gasteiger partial charge < -0.3 is 14.8 Å². The fourth-order valence-electron chi connectivity index (χ4n) is 3.99. The third-order valence-corrected chi connectivity index (χ3v) is 5.82. The first kappa shape index (κ1) is 20.3. The molecule has 2 saturated heterocycles. The molecule has 5 heteroatoms. The average molecular weight is 375 g/mol. The Bertz CT molecular complexity index is 576. The molecule has 0 aliphatic carbocycles. The van der Waals surface area contributed by atoms with Crippen LogP contribution in [0.5, 0.6) is 0 Å². The summed E-state index contributed by atoms with van der Waals surface area (Å²) in [7, 11) is 0. The van der Waals surface area contributed by atoms with Crippen molar-refractivity contribution < 1.29 is 14.3 Å². The Balaban J connectivity index is 1.46. The molecular formula is C22H34N2O3. The minimum absolute atomic E-state index is 0.139. The van der Waals surface area contributed by atoms with Gasteiger partial charge in [0.2, 0.25) is 5.91 Å². The first-order valence-electron chi connectivity index (χ1n) is 10.4. The van der Waals surface area contributed by atoms with Gasteiger partial charge in [-0.15, -0.1) is 0 Å². The van der Waals surface area contributed by atoms with Gasteiger partial charge in [0.1, 0.15) is 0 Å². The van der Waals surface area contributed by atoms with Gasteiger partial charge in [-0.1, -0.05) is 38.1 Å². The van der Waals surface area contributed by atoms with Crippen molar-refractivity contribution in [1.29, 1.82) is 0 Å². The number of hydrogen-bond donors (Lipinski definition) is 1. The first-order valence-corrected chi connectivity index (χ1v) is 10.4. The highest BCUT2D eigenvalue weighted by Gasteiger charge is 2.31. The molecule has 0 aromatic heterocycles. The molecule has 5 nitrogen and oxygen atoms in total. The fourth-order valence-corrected chi connectivity index (χ4v) is 3.99. The number of hydrogen-bond acceptors (Lipinski definition) is 4. The van der Waals surface area contributed by atoms with Crippen LogP contribution in [-0.4, -0.2) is 62.9 Å². The Morgan fingerprint density at radius 3 is 2.52 bits per heavy atom. The molecule has 2 atom stereocenters. The van der Waals surface area contributed by atoms with Crippen molar-refractivity contribution in [3.63, 3.8) is 0 Å². The minimum Gasteiger partial charge on any atom is -0.381 e. The van der Waals surface area contributed by atoms with Gasteiger partial charge in [0.05, 0.1) is 19.8 Å². The lowest BCUT2D eigenvalue weighted by Crippen LogP contribution is -2.52. The van der Waals surface area contributed by atoms with Crippen molar-refractivity contribution in [2.75, 3.05) is 46.1 Å². The van der Waals surface area contributed by atoms with Crippen molar-refractivity contribution in [2.24, 2.45) is 5.92 Å². The monoisotopic (exact) mass is 374 g/mol. The Kier molecular flexibility index (Phi) is 7.68. The molecule has 0 unspecified atom stereocenters. The second kappa shape index (κ2) is 10.2. The largest absolute Gasteiger partial charge is 0.381 e. The number of benzene rings is 1. The van der Waals surface area contributed by atoms with Crippen LogP contribution in [0.25, 0.3) is 0 Å². The molecule has 1 N–H and O–H groups in total. The lowest BCUT2D eigenvalue weighted by atomic mass is 9.96. The molecule has 2 heterocycles. The summed E-state index contributed by atoms with van der Waals surface area (Å²) in [5, 5.41) is 3.18. The smallest absolute Gasteiger partial charge is 0.220 e. The standard InChI is InChI=1S/C22H34N2O3/c1-17(2)19-6-3-18(4-7-19)5-8-22(25)23-15-21(20-9-12-27-16-20)24-10-13-26-14-11-24/h3-4,6-7,17,20-21H,5,8-16H2,1-2H3,(H,23,25)/t20-,21+/m1/s1. The Morgan fingerprint density at radius 2 is 1.89 bits per heavy atom. The maximum Gasteiger partial charge on any atom is 0.220 e. The summed E-state index contributed by atoms with van der Waals surface area (Å²) < 4.78 is 11.1. The van der Waals surface area contributed by atoms with Crippen LogP contribution in [-0.2, 0) is 20.7 Å². The molecule has 0 saturated carbocycles. The second-order valence-corrected chi connectivity index (χ2v) is 8.04. The third kappa shape index (κ3) is 6.03. The molecule has 0 spiro atoms. The summed E-state index contributed by atoms with van der Waals surface area (Å²) in [6.07, 6.45) is 2.41. The van der Waals surface area contributed by atoms with E-state index in [-0.39, 0.29) is 5.91 Å². The van der Waals surface area contributed by atoms with Crippen LogP contribution in [0.15, 0.2) is 24.3 Å². The van der Waals surface area contributed by atoms with Crippen molar-refractivity contribution in [1.82, 2.24) is 10.2 Å². The van der Waals surface area contributed by atoms with Gasteiger partial charge in [-0.2, -0.15) is 0 Å². The van der Waals surface area contributed by atoms with Crippen LogP contribution >= 0.6 is 0 Å². The van der Waals surface area contributed by atoms with E-state index >= 15 is 0 Å². The van der Waals surface area contributed by atoms with Crippen molar-refractivity contribution in [2.45, 2.75) is 45.1 Å². The van der Waals surface area contributed by atoms with Crippen LogP contribution < -0.4 is 5.32 Å². The van der Waals surface area contributed by atoms with Gasteiger partial charge in [-0.25, -0.2) is 0 Å². The van der Waals surface area contributed by atoms with Gasteiger partial charge >= 0.3 is 0 Å². The van der Waals surface area contributed by atoms with Crippen LogP contribution in [0.4, 0.5) is 0 Å². The number of nitrogens with one attached hydrogen (secondary N) is 1. The Morgan fingerprint density at radius 1 is 1.15 bits per heavy atom. The van der Waals surface area contributed by atoms with Crippen LogP contribution in [0.3, 0.4) is 0 Å². The number of carbonyl (C=O) groups excluding carboxylic acids is 1.